The van der Waals surface area contributed by atoms with Crippen molar-refractivity contribution in [2.24, 2.45) is 11.7 Å². The fourth-order valence-corrected chi connectivity index (χ4v) is 5.64. The maximum absolute atomic E-state index is 13.2. The van der Waals surface area contributed by atoms with Crippen LogP contribution in [0.15, 0.2) is 0 Å². The number of ether oxygens (including phenoxy) is 4. The molecular formula is C26H37ClF4N2O7S2. The molecule has 0 amide bonds. The molecule has 2 N–H and O–H groups in total. The number of esters is 2. The van der Waals surface area contributed by atoms with Crippen LogP contribution in [0.25, 0.3) is 0 Å². The van der Waals surface area contributed by atoms with Crippen LogP contribution in [0.4, 0.5) is 17.6 Å². The van der Waals surface area contributed by atoms with Crippen LogP contribution >= 0.6 is 35.2 Å². The first-order chi connectivity index (χ1) is 19.6. The first-order valence-corrected chi connectivity index (χ1v) is 14.6. The second-order valence-corrected chi connectivity index (χ2v) is 11.6. The summed E-state index contributed by atoms with van der Waals surface area (Å²) >= 11 is 11.3. The molecule has 1 heterocycles. The second-order valence-electron chi connectivity index (χ2n) is 9.70. The van der Waals surface area contributed by atoms with Crippen LogP contribution in [0.2, 0.25) is 0 Å². The Morgan fingerprint density at radius 3 is 1.93 bits per heavy atom. The van der Waals surface area contributed by atoms with Gasteiger partial charge in [0.05, 0.1) is 36.5 Å². The Bertz CT molecular complexity index is 1040. The van der Waals surface area contributed by atoms with E-state index in [2.05, 4.69) is 14.5 Å². The number of alkyl halides is 5. The van der Waals surface area contributed by atoms with E-state index in [9.17, 15) is 31.9 Å². The van der Waals surface area contributed by atoms with Crippen molar-refractivity contribution < 1.29 is 50.9 Å². The first-order valence-electron chi connectivity index (χ1n) is 13.0. The predicted octanol–water partition coefficient (Wildman–Crippen LogP) is 5.45. The van der Waals surface area contributed by atoms with Gasteiger partial charge < -0.3 is 24.7 Å². The van der Waals surface area contributed by atoms with Crippen LogP contribution in [-0.2, 0) is 35.1 Å². The van der Waals surface area contributed by atoms with E-state index in [1.165, 1.54) is 32.7 Å². The van der Waals surface area contributed by atoms with Gasteiger partial charge in [-0.3, -0.25) is 4.79 Å². The van der Waals surface area contributed by atoms with E-state index in [1.54, 1.807) is 0 Å². The zero-order valence-electron chi connectivity index (χ0n) is 23.9. The zero-order valence-corrected chi connectivity index (χ0v) is 26.3. The minimum absolute atomic E-state index is 0.00589. The molecule has 42 heavy (non-hydrogen) atoms. The topological polar surface area (TPSA) is 127 Å². The quantitative estimate of drug-likeness (QED) is 0.120. The summed E-state index contributed by atoms with van der Waals surface area (Å²) < 4.78 is 69.9. The summed E-state index contributed by atoms with van der Waals surface area (Å²) in [5.74, 6) is -6.70. The number of hydrogen-bond donors (Lipinski definition) is 1. The number of hydrogen-bond acceptors (Lipinski definition) is 10. The largest absolute Gasteiger partial charge is 0.468 e. The Labute approximate surface area is 256 Å². The van der Waals surface area contributed by atoms with Gasteiger partial charge in [0.25, 0.3) is 0 Å². The lowest BCUT2D eigenvalue weighted by Crippen LogP contribution is -2.31. The van der Waals surface area contributed by atoms with Crippen LogP contribution in [0.1, 0.15) is 77.7 Å². The number of aromatic nitrogens is 1. The molecule has 1 aromatic rings. The Kier molecular flexibility index (Phi) is 16.3. The summed E-state index contributed by atoms with van der Waals surface area (Å²) in [6.45, 7) is 0.0348. The van der Waals surface area contributed by atoms with Crippen LogP contribution in [0.5, 0.6) is 0 Å². The molecule has 1 unspecified atom stereocenters. The number of carbonyl (C=O) groups is 3. The third kappa shape index (κ3) is 12.7. The normalized spacial score (nSPS) is 18.8. The third-order valence-electron chi connectivity index (χ3n) is 6.53. The molecule has 0 aliphatic heterocycles. The fourth-order valence-electron chi connectivity index (χ4n) is 4.09. The van der Waals surface area contributed by atoms with Gasteiger partial charge in [-0.15, -0.1) is 22.9 Å². The highest BCUT2D eigenvalue weighted by atomic mass is 35.5. The summed E-state index contributed by atoms with van der Waals surface area (Å²) in [5, 5.41) is -0.520. The van der Waals surface area contributed by atoms with Crippen molar-refractivity contribution in [1.82, 2.24) is 4.98 Å². The fraction of sp³-hybridized carbons (Fsp3) is 0.731. The average Bonchev–Trinajstić information content (AvgIpc) is 3.36. The monoisotopic (exact) mass is 664 g/mol. The smallest absolute Gasteiger partial charge is 0.350 e. The number of thiazole rings is 1. The van der Waals surface area contributed by atoms with Crippen LogP contribution in [-0.4, -0.2) is 80.0 Å². The third-order valence-corrected chi connectivity index (χ3v) is 8.52. The highest BCUT2D eigenvalue weighted by Gasteiger charge is 2.37. The maximum atomic E-state index is 13.2. The number of nitrogens with two attached hydrogens (primary N) is 1. The molecule has 2 aliphatic carbocycles. The number of nitrogens with zero attached hydrogens (tertiary/aromatic N) is 1. The van der Waals surface area contributed by atoms with Gasteiger partial charge in [0, 0.05) is 51.7 Å². The van der Waals surface area contributed by atoms with Crippen molar-refractivity contribution in [1.29, 1.82) is 0 Å². The molecular weight excluding hydrogens is 628 g/mol. The summed E-state index contributed by atoms with van der Waals surface area (Å²) in [5.41, 5.74) is 5.87. The van der Waals surface area contributed by atoms with Crippen LogP contribution in [0, 0.1) is 5.92 Å². The molecule has 2 saturated carbocycles. The van der Waals surface area contributed by atoms with E-state index < -0.39 is 34.9 Å². The van der Waals surface area contributed by atoms with Crippen molar-refractivity contribution in [3.8, 4) is 0 Å². The van der Waals surface area contributed by atoms with Crippen LogP contribution < -0.4 is 5.73 Å². The molecule has 2 aliphatic rings. The van der Waals surface area contributed by atoms with Gasteiger partial charge in [0.2, 0.25) is 11.8 Å². The molecule has 0 saturated heterocycles. The Balaban J connectivity index is 0.000000343. The van der Waals surface area contributed by atoms with Gasteiger partial charge in [-0.05, 0) is 25.7 Å². The van der Waals surface area contributed by atoms with Crippen molar-refractivity contribution >= 4 is 57.9 Å². The molecule has 1 atom stereocenters. The summed E-state index contributed by atoms with van der Waals surface area (Å²) in [4.78, 5) is 38.2. The molecule has 0 bridgehead atoms. The molecule has 16 heteroatoms. The number of thiocarbonyl (C=S) groups is 1. The minimum atomic E-state index is -2.56. The summed E-state index contributed by atoms with van der Waals surface area (Å²) in [7, 11) is 5.33. The van der Waals surface area contributed by atoms with Crippen molar-refractivity contribution in [2.45, 2.75) is 81.1 Å². The maximum Gasteiger partial charge on any atom is 0.350 e. The molecule has 1 aromatic heterocycles. The molecule has 240 valence electrons. The molecule has 9 nitrogen and oxygen atoms in total. The lowest BCUT2D eigenvalue weighted by molar-refractivity contribution is -0.143. The van der Waals surface area contributed by atoms with Crippen molar-refractivity contribution in [3.63, 3.8) is 0 Å². The van der Waals surface area contributed by atoms with Gasteiger partial charge in [0.1, 0.15) is 11.5 Å². The lowest BCUT2D eigenvalue weighted by Gasteiger charge is -2.27. The van der Waals surface area contributed by atoms with Gasteiger partial charge in [-0.2, -0.15) is 0 Å². The SMILES string of the molecule is COCC(=O)C(Cl)C(=O)OC.COCc1nc(C2CCC(F)(F)CC2)sc1C(=O)OC.NC(=S)C1CCC(F)(F)CC1. The first kappa shape index (κ1) is 38.1. The number of methoxy groups -OCH3 is 4. The predicted molar refractivity (Wildman–Crippen MR) is 153 cm³/mol. The molecule has 0 radical (unpaired) electrons. The van der Waals surface area contributed by atoms with Crippen molar-refractivity contribution in [2.75, 3.05) is 35.0 Å². The number of carbonyl (C=O) groups excluding carboxylic acids is 3. The van der Waals surface area contributed by atoms with Gasteiger partial charge in [-0.1, -0.05) is 12.2 Å². The van der Waals surface area contributed by atoms with Gasteiger partial charge in [0.15, 0.2) is 11.2 Å². The number of halogens is 5. The molecule has 3 rings (SSSR count). The zero-order chi connectivity index (χ0) is 32.1. The highest BCUT2D eigenvalue weighted by Crippen LogP contribution is 2.42. The standard InChI is InChI=1S/C13H17F2NO3S.C7H11F2NS.C6H9ClO4/c1-18-7-9-10(12(17)19-2)20-11(16-9)8-3-5-13(14,15)6-4-8;8-7(9)3-1-5(2-4-7)6(10)11;1-10-3-4(8)5(7)6(9)11-2/h8H,3-7H2,1-2H3;5H,1-4H2,(H2,10,11);5H,3H2,1-2H3. The molecule has 2 fully saturated rings. The Hall–Kier alpha value is -1.94. The minimum Gasteiger partial charge on any atom is -0.468 e. The van der Waals surface area contributed by atoms with Gasteiger partial charge in [-0.25, -0.2) is 32.1 Å². The van der Waals surface area contributed by atoms with E-state index in [4.69, 9.17) is 39.0 Å². The van der Waals surface area contributed by atoms with Crippen LogP contribution in [0.3, 0.4) is 0 Å². The average molecular weight is 665 g/mol. The number of rotatable bonds is 9. The van der Waals surface area contributed by atoms with Gasteiger partial charge >= 0.3 is 11.9 Å². The van der Waals surface area contributed by atoms with E-state index in [1.807, 2.05) is 0 Å². The van der Waals surface area contributed by atoms with E-state index in [0.717, 1.165) is 12.1 Å². The second kappa shape index (κ2) is 18.0. The van der Waals surface area contributed by atoms with Crippen molar-refractivity contribution in [3.05, 3.63) is 15.6 Å². The molecule has 0 spiro atoms. The van der Waals surface area contributed by atoms with E-state index in [0.29, 0.717) is 41.2 Å². The number of Topliss-reactive ketones (excluding diaryl/α,β-unsaturated/α-hetero) is 1. The lowest BCUT2D eigenvalue weighted by atomic mass is 9.87. The number of ketones is 1. The van der Waals surface area contributed by atoms with E-state index >= 15 is 0 Å². The molecule has 0 aromatic carbocycles. The van der Waals surface area contributed by atoms with E-state index in [-0.39, 0.29) is 50.7 Å². The Morgan fingerprint density at radius 1 is 0.976 bits per heavy atom. The summed E-state index contributed by atoms with van der Waals surface area (Å²) in [6, 6.07) is 0. The highest BCUT2D eigenvalue weighted by molar-refractivity contribution is 7.80. The summed E-state index contributed by atoms with van der Waals surface area (Å²) in [6.07, 6.45) is 1.32. The Morgan fingerprint density at radius 2 is 1.50 bits per heavy atom.